The summed E-state index contributed by atoms with van der Waals surface area (Å²) in [5.41, 5.74) is 10.3. The Morgan fingerprint density at radius 3 is 2.78 bits per heavy atom. The number of aryl methyl sites for hydroxylation is 1. The summed E-state index contributed by atoms with van der Waals surface area (Å²) in [5.74, 6) is 0. The first-order chi connectivity index (χ1) is 8.63. The van der Waals surface area contributed by atoms with Gasteiger partial charge in [0.15, 0.2) is 0 Å². The summed E-state index contributed by atoms with van der Waals surface area (Å²) < 4.78 is 3.07. The van der Waals surface area contributed by atoms with E-state index in [-0.39, 0.29) is 0 Å². The van der Waals surface area contributed by atoms with Crippen molar-refractivity contribution in [3.05, 3.63) is 45.7 Å². The quantitative estimate of drug-likeness (QED) is 0.943. The van der Waals surface area contributed by atoms with E-state index in [1.807, 2.05) is 16.8 Å². The van der Waals surface area contributed by atoms with E-state index < -0.39 is 0 Å². The lowest BCUT2D eigenvalue weighted by Crippen LogP contribution is -2.02. The highest BCUT2D eigenvalue weighted by Gasteiger charge is 2.12. The predicted molar refractivity (Wildman–Crippen MR) is 78.1 cm³/mol. The molecule has 0 bridgehead atoms. The van der Waals surface area contributed by atoms with Crippen molar-refractivity contribution in [3.63, 3.8) is 0 Å². The number of rotatable bonds is 4. The van der Waals surface area contributed by atoms with Gasteiger partial charge >= 0.3 is 0 Å². The monoisotopic (exact) mass is 307 g/mol. The van der Waals surface area contributed by atoms with E-state index in [2.05, 4.69) is 47.0 Å². The lowest BCUT2D eigenvalue weighted by molar-refractivity contribution is 0.815. The van der Waals surface area contributed by atoms with Gasteiger partial charge in [-0.1, -0.05) is 22.0 Å². The zero-order valence-electron chi connectivity index (χ0n) is 10.8. The molecule has 0 amide bonds. The Bertz CT molecular complexity index is 546. The third-order valence-electron chi connectivity index (χ3n) is 3.12. The smallest absolute Gasteiger partial charge is 0.0660 e. The fourth-order valence-electron chi connectivity index (χ4n) is 2.17. The lowest BCUT2D eigenvalue weighted by Gasteiger charge is -2.05. The molecule has 3 nitrogen and oxygen atoms in total. The second kappa shape index (κ2) is 5.67. The van der Waals surface area contributed by atoms with Crippen LogP contribution in [0.5, 0.6) is 0 Å². The summed E-state index contributed by atoms with van der Waals surface area (Å²) >= 11 is 3.49. The molecule has 18 heavy (non-hydrogen) atoms. The van der Waals surface area contributed by atoms with Crippen molar-refractivity contribution in [2.45, 2.75) is 26.7 Å². The molecule has 0 aliphatic rings. The molecule has 0 aliphatic carbocycles. The molecule has 1 aromatic carbocycles. The number of benzene rings is 1. The number of nitrogens with two attached hydrogens (primary N) is 1. The molecule has 0 saturated carbocycles. The van der Waals surface area contributed by atoms with Crippen molar-refractivity contribution < 1.29 is 0 Å². The molecule has 0 spiro atoms. The van der Waals surface area contributed by atoms with Gasteiger partial charge in [0.25, 0.3) is 0 Å². The average Bonchev–Trinajstić information content (AvgIpc) is 2.63. The van der Waals surface area contributed by atoms with Gasteiger partial charge in [-0.3, -0.25) is 0 Å². The van der Waals surface area contributed by atoms with Gasteiger partial charge in [0.05, 0.1) is 11.4 Å². The van der Waals surface area contributed by atoms with Crippen LogP contribution in [0.2, 0.25) is 0 Å². The molecular weight excluding hydrogens is 290 g/mol. The molecule has 0 unspecified atom stereocenters. The maximum absolute atomic E-state index is 5.58. The molecule has 1 heterocycles. The van der Waals surface area contributed by atoms with Crippen LogP contribution in [-0.4, -0.2) is 16.3 Å². The third kappa shape index (κ3) is 2.65. The normalized spacial score (nSPS) is 10.9. The number of aromatic nitrogens is 2. The van der Waals surface area contributed by atoms with E-state index in [4.69, 9.17) is 5.73 Å². The Kier molecular flexibility index (Phi) is 4.19. The Morgan fingerprint density at radius 1 is 1.33 bits per heavy atom. The number of nitrogens with zero attached hydrogens (tertiary/aromatic N) is 2. The number of halogens is 1. The fourth-order valence-corrected chi connectivity index (χ4v) is 2.56. The van der Waals surface area contributed by atoms with Crippen molar-refractivity contribution in [3.8, 4) is 5.69 Å². The molecule has 4 heteroatoms. The minimum atomic E-state index is 0.723. The summed E-state index contributed by atoms with van der Waals surface area (Å²) in [6, 6.07) is 8.18. The summed E-state index contributed by atoms with van der Waals surface area (Å²) in [4.78, 5) is 0. The average molecular weight is 308 g/mol. The van der Waals surface area contributed by atoms with Crippen LogP contribution in [0.15, 0.2) is 28.7 Å². The molecule has 0 atom stereocenters. The topological polar surface area (TPSA) is 43.8 Å². The zero-order valence-corrected chi connectivity index (χ0v) is 12.4. The summed E-state index contributed by atoms with van der Waals surface area (Å²) in [5, 5.41) is 4.63. The maximum Gasteiger partial charge on any atom is 0.0660 e. The first-order valence-corrected chi connectivity index (χ1v) is 6.94. The molecule has 2 N–H and O–H groups in total. The van der Waals surface area contributed by atoms with Crippen molar-refractivity contribution >= 4 is 15.9 Å². The van der Waals surface area contributed by atoms with E-state index in [1.165, 1.54) is 11.3 Å². The summed E-state index contributed by atoms with van der Waals surface area (Å²) in [6.07, 6.45) is 2.01. The van der Waals surface area contributed by atoms with Crippen LogP contribution in [0.4, 0.5) is 0 Å². The van der Waals surface area contributed by atoms with Gasteiger partial charge in [0.1, 0.15) is 0 Å². The molecule has 0 radical (unpaired) electrons. The highest BCUT2D eigenvalue weighted by atomic mass is 79.9. The van der Waals surface area contributed by atoms with E-state index in [1.54, 1.807) is 0 Å². The lowest BCUT2D eigenvalue weighted by atomic mass is 10.1. The van der Waals surface area contributed by atoms with Gasteiger partial charge < -0.3 is 5.73 Å². The zero-order chi connectivity index (χ0) is 13.1. The van der Waals surface area contributed by atoms with Crippen LogP contribution >= 0.6 is 15.9 Å². The van der Waals surface area contributed by atoms with Gasteiger partial charge in [-0.15, -0.1) is 0 Å². The molecule has 0 saturated heterocycles. The van der Waals surface area contributed by atoms with E-state index >= 15 is 0 Å². The number of hydrogen-bond acceptors (Lipinski definition) is 2. The standard InChI is InChI=1S/C14H18BrN3/c1-10-14(7-4-8-16)11(2)18(17-10)13-6-3-5-12(15)9-13/h3,5-6,9H,4,7-8,16H2,1-2H3. The Balaban J connectivity index is 2.40. The van der Waals surface area contributed by atoms with Crippen LogP contribution < -0.4 is 5.73 Å². The van der Waals surface area contributed by atoms with Crippen LogP contribution in [0.3, 0.4) is 0 Å². The van der Waals surface area contributed by atoms with Crippen molar-refractivity contribution in [1.82, 2.24) is 9.78 Å². The fraction of sp³-hybridized carbons (Fsp3) is 0.357. The highest BCUT2D eigenvalue weighted by molar-refractivity contribution is 9.10. The van der Waals surface area contributed by atoms with E-state index in [9.17, 15) is 0 Å². The van der Waals surface area contributed by atoms with Gasteiger partial charge in [0.2, 0.25) is 0 Å². The summed E-state index contributed by atoms with van der Waals surface area (Å²) in [7, 11) is 0. The van der Waals surface area contributed by atoms with Crippen LogP contribution in [0, 0.1) is 13.8 Å². The Labute approximate surface area is 116 Å². The van der Waals surface area contributed by atoms with Gasteiger partial charge in [-0.2, -0.15) is 5.10 Å². The van der Waals surface area contributed by atoms with Crippen LogP contribution in [-0.2, 0) is 6.42 Å². The first kappa shape index (κ1) is 13.3. The van der Waals surface area contributed by atoms with Crippen LogP contribution in [0.25, 0.3) is 5.69 Å². The SMILES string of the molecule is Cc1nn(-c2cccc(Br)c2)c(C)c1CCCN. The molecule has 0 aliphatic heterocycles. The van der Waals surface area contributed by atoms with E-state index in [0.29, 0.717) is 0 Å². The minimum absolute atomic E-state index is 0.723. The maximum atomic E-state index is 5.58. The highest BCUT2D eigenvalue weighted by Crippen LogP contribution is 2.21. The third-order valence-corrected chi connectivity index (χ3v) is 3.62. The molecule has 0 fully saturated rings. The van der Waals surface area contributed by atoms with E-state index in [0.717, 1.165) is 35.2 Å². The van der Waals surface area contributed by atoms with Gasteiger partial charge in [-0.25, -0.2) is 4.68 Å². The summed E-state index contributed by atoms with van der Waals surface area (Å²) in [6.45, 7) is 4.90. The Morgan fingerprint density at radius 2 is 2.11 bits per heavy atom. The minimum Gasteiger partial charge on any atom is -0.330 e. The van der Waals surface area contributed by atoms with Gasteiger partial charge in [0, 0.05) is 10.2 Å². The number of hydrogen-bond donors (Lipinski definition) is 1. The second-order valence-corrected chi connectivity index (χ2v) is 5.35. The molecule has 1 aromatic heterocycles. The second-order valence-electron chi connectivity index (χ2n) is 4.43. The van der Waals surface area contributed by atoms with Gasteiger partial charge in [-0.05, 0) is 57.0 Å². The molecular formula is C14H18BrN3. The molecule has 2 aromatic rings. The largest absolute Gasteiger partial charge is 0.330 e. The molecule has 96 valence electrons. The molecule has 2 rings (SSSR count). The van der Waals surface area contributed by atoms with Crippen LogP contribution in [0.1, 0.15) is 23.4 Å². The first-order valence-electron chi connectivity index (χ1n) is 6.14. The Hall–Kier alpha value is -1.13. The predicted octanol–water partition coefficient (Wildman–Crippen LogP) is 3.14. The van der Waals surface area contributed by atoms with Crippen molar-refractivity contribution in [2.24, 2.45) is 5.73 Å². The van der Waals surface area contributed by atoms with Crippen molar-refractivity contribution in [1.29, 1.82) is 0 Å². The van der Waals surface area contributed by atoms with Crippen molar-refractivity contribution in [2.75, 3.05) is 6.54 Å².